The first kappa shape index (κ1) is 10.6. The summed E-state index contributed by atoms with van der Waals surface area (Å²) in [7, 11) is 0. The van der Waals surface area contributed by atoms with Crippen LogP contribution < -0.4 is 0 Å². The normalized spacial score (nSPS) is 10.5. The van der Waals surface area contributed by atoms with Gasteiger partial charge in [0.25, 0.3) is 0 Å². The highest BCUT2D eigenvalue weighted by molar-refractivity contribution is 8.10. The van der Waals surface area contributed by atoms with Gasteiger partial charge in [-0.3, -0.25) is 0 Å². The van der Waals surface area contributed by atoms with Crippen LogP contribution in [0.15, 0.2) is 22.8 Å². The van der Waals surface area contributed by atoms with Crippen molar-refractivity contribution in [2.24, 2.45) is 0 Å². The van der Waals surface area contributed by atoms with Gasteiger partial charge in [0.15, 0.2) is 0 Å². The second kappa shape index (κ2) is 4.67. The van der Waals surface area contributed by atoms with Crippen LogP contribution in [0.25, 0.3) is 0 Å². The molecule has 0 spiro atoms. The summed E-state index contributed by atoms with van der Waals surface area (Å²) >= 11 is 9.17. The maximum Gasteiger partial charge on any atom is 0.133 e. The fourth-order valence-corrected chi connectivity index (χ4v) is 1.62. The van der Waals surface area contributed by atoms with Crippen molar-refractivity contribution in [3.8, 4) is 0 Å². The zero-order valence-electron chi connectivity index (χ0n) is 7.73. The smallest absolute Gasteiger partial charge is 0.133 e. The third-order valence-electron chi connectivity index (χ3n) is 1.78. The minimum atomic E-state index is 0.343. The van der Waals surface area contributed by atoms with Crippen molar-refractivity contribution < 1.29 is 4.42 Å². The fourth-order valence-electron chi connectivity index (χ4n) is 1.04. The summed E-state index contributed by atoms with van der Waals surface area (Å²) in [5.74, 6) is 0.908. The van der Waals surface area contributed by atoms with Gasteiger partial charge in [-0.1, -0.05) is 12.2 Å². The van der Waals surface area contributed by atoms with Crippen LogP contribution in [0, 0.1) is 0 Å². The van der Waals surface area contributed by atoms with Crippen molar-refractivity contribution in [2.45, 2.75) is 26.4 Å². The molecular formula is C9H13NOS2. The van der Waals surface area contributed by atoms with E-state index in [0.717, 1.165) is 5.76 Å². The number of hydrogen-bond acceptors (Lipinski definition) is 2. The fraction of sp³-hybridized carbons (Fsp3) is 0.444. The molecule has 72 valence electrons. The molecule has 0 bridgehead atoms. The Balaban J connectivity index is 2.63. The number of thiocarbonyl (C=S) groups is 1. The molecule has 0 aliphatic carbocycles. The molecule has 0 saturated heterocycles. The average Bonchev–Trinajstić information content (AvgIpc) is 2.50. The van der Waals surface area contributed by atoms with Gasteiger partial charge in [0.1, 0.15) is 10.1 Å². The molecule has 0 atom stereocenters. The first-order chi connectivity index (χ1) is 6.11. The molecule has 13 heavy (non-hydrogen) atoms. The van der Waals surface area contributed by atoms with Crippen LogP contribution in [0.1, 0.15) is 19.6 Å². The first-order valence-electron chi connectivity index (χ1n) is 4.13. The standard InChI is InChI=1S/C9H13NOS2/c1-7(2)10(9(12)13)6-8-4-3-5-11-8/h3-5,7H,6H2,1-2H3,(H,12,13). The van der Waals surface area contributed by atoms with Crippen LogP contribution in [0.5, 0.6) is 0 Å². The van der Waals surface area contributed by atoms with Gasteiger partial charge < -0.3 is 9.32 Å². The Labute approximate surface area is 89.3 Å². The Bertz CT molecular complexity index is 269. The molecule has 0 aliphatic rings. The molecule has 0 fully saturated rings. The van der Waals surface area contributed by atoms with Crippen molar-refractivity contribution in [3.05, 3.63) is 24.2 Å². The molecule has 1 rings (SSSR count). The van der Waals surface area contributed by atoms with Crippen LogP contribution in [0.3, 0.4) is 0 Å². The third kappa shape index (κ3) is 3.04. The quantitative estimate of drug-likeness (QED) is 0.617. The van der Waals surface area contributed by atoms with Crippen LogP contribution in [-0.2, 0) is 6.54 Å². The number of nitrogens with zero attached hydrogens (tertiary/aromatic N) is 1. The summed E-state index contributed by atoms with van der Waals surface area (Å²) in [5.41, 5.74) is 0. The predicted molar refractivity (Wildman–Crippen MR) is 61.0 cm³/mol. The molecule has 4 heteroatoms. The van der Waals surface area contributed by atoms with Gasteiger partial charge in [0.05, 0.1) is 12.8 Å². The molecule has 0 radical (unpaired) electrons. The molecular weight excluding hydrogens is 202 g/mol. The largest absolute Gasteiger partial charge is 0.467 e. The average molecular weight is 215 g/mol. The SMILES string of the molecule is CC(C)N(Cc1ccco1)C(=S)S. The summed E-state index contributed by atoms with van der Waals surface area (Å²) in [6.45, 7) is 4.84. The number of hydrogen-bond donors (Lipinski definition) is 1. The maximum atomic E-state index is 5.23. The van der Waals surface area contributed by atoms with Crippen LogP contribution in [0.4, 0.5) is 0 Å². The topological polar surface area (TPSA) is 16.4 Å². The highest BCUT2D eigenvalue weighted by atomic mass is 32.1. The lowest BCUT2D eigenvalue weighted by Gasteiger charge is -2.25. The van der Waals surface area contributed by atoms with E-state index in [2.05, 4.69) is 26.5 Å². The molecule has 1 heterocycles. The van der Waals surface area contributed by atoms with E-state index in [1.165, 1.54) is 0 Å². The van der Waals surface area contributed by atoms with Crippen LogP contribution in [-0.4, -0.2) is 15.3 Å². The molecule has 0 unspecified atom stereocenters. The number of furan rings is 1. The van der Waals surface area contributed by atoms with E-state index in [0.29, 0.717) is 16.9 Å². The summed E-state index contributed by atoms with van der Waals surface area (Å²) in [4.78, 5) is 2.00. The summed E-state index contributed by atoms with van der Waals surface area (Å²) in [6.07, 6.45) is 1.66. The number of thiol groups is 1. The lowest BCUT2D eigenvalue weighted by Crippen LogP contribution is -2.32. The lowest BCUT2D eigenvalue weighted by atomic mass is 10.3. The van der Waals surface area contributed by atoms with Gasteiger partial charge in [-0.25, -0.2) is 0 Å². The van der Waals surface area contributed by atoms with Gasteiger partial charge >= 0.3 is 0 Å². The van der Waals surface area contributed by atoms with Crippen molar-refractivity contribution in [1.29, 1.82) is 0 Å². The Hall–Kier alpha value is -0.480. The van der Waals surface area contributed by atoms with Crippen molar-refractivity contribution >= 4 is 29.2 Å². The first-order valence-corrected chi connectivity index (χ1v) is 4.98. The van der Waals surface area contributed by atoms with Crippen LogP contribution >= 0.6 is 24.8 Å². The zero-order chi connectivity index (χ0) is 9.84. The van der Waals surface area contributed by atoms with E-state index in [4.69, 9.17) is 16.6 Å². The highest BCUT2D eigenvalue weighted by Crippen LogP contribution is 2.11. The lowest BCUT2D eigenvalue weighted by molar-refractivity contribution is 0.320. The monoisotopic (exact) mass is 215 g/mol. The van der Waals surface area contributed by atoms with Gasteiger partial charge in [-0.05, 0) is 26.0 Å². The predicted octanol–water partition coefficient (Wildman–Crippen LogP) is 2.70. The molecule has 0 aromatic carbocycles. The van der Waals surface area contributed by atoms with E-state index in [-0.39, 0.29) is 0 Å². The van der Waals surface area contributed by atoms with E-state index in [1.807, 2.05) is 17.0 Å². The summed E-state index contributed by atoms with van der Waals surface area (Å²) in [6, 6.07) is 4.15. The van der Waals surface area contributed by atoms with Gasteiger partial charge in [0.2, 0.25) is 0 Å². The molecule has 0 N–H and O–H groups in total. The second-order valence-electron chi connectivity index (χ2n) is 3.08. The van der Waals surface area contributed by atoms with E-state index < -0.39 is 0 Å². The van der Waals surface area contributed by atoms with Crippen LogP contribution in [0.2, 0.25) is 0 Å². The second-order valence-corrected chi connectivity index (χ2v) is 4.20. The zero-order valence-corrected chi connectivity index (χ0v) is 9.44. The Morgan fingerprint density at radius 3 is 2.77 bits per heavy atom. The molecule has 0 aliphatic heterocycles. The van der Waals surface area contributed by atoms with Gasteiger partial charge in [-0.2, -0.15) is 0 Å². The Kier molecular flexibility index (Phi) is 3.81. The molecule has 1 aromatic rings. The van der Waals surface area contributed by atoms with Crippen molar-refractivity contribution in [1.82, 2.24) is 4.90 Å². The maximum absolute atomic E-state index is 5.23. The van der Waals surface area contributed by atoms with Gasteiger partial charge in [0, 0.05) is 6.04 Å². The Morgan fingerprint density at radius 2 is 2.38 bits per heavy atom. The highest BCUT2D eigenvalue weighted by Gasteiger charge is 2.11. The molecule has 1 aromatic heterocycles. The molecule has 2 nitrogen and oxygen atoms in total. The van der Waals surface area contributed by atoms with Gasteiger partial charge in [-0.15, -0.1) is 12.6 Å². The molecule has 0 saturated carbocycles. The molecule has 0 amide bonds. The van der Waals surface area contributed by atoms with E-state index in [1.54, 1.807) is 6.26 Å². The third-order valence-corrected chi connectivity index (χ3v) is 2.27. The number of rotatable bonds is 3. The van der Waals surface area contributed by atoms with Crippen molar-refractivity contribution in [3.63, 3.8) is 0 Å². The minimum absolute atomic E-state index is 0.343. The van der Waals surface area contributed by atoms with E-state index >= 15 is 0 Å². The van der Waals surface area contributed by atoms with E-state index in [9.17, 15) is 0 Å². The Morgan fingerprint density at radius 1 is 1.69 bits per heavy atom. The van der Waals surface area contributed by atoms with Crippen molar-refractivity contribution in [2.75, 3.05) is 0 Å². The minimum Gasteiger partial charge on any atom is -0.467 e. The summed E-state index contributed by atoms with van der Waals surface area (Å²) in [5, 5.41) is 0. The summed E-state index contributed by atoms with van der Waals surface area (Å²) < 4.78 is 5.83.